The van der Waals surface area contributed by atoms with Crippen LogP contribution in [0.5, 0.6) is 5.75 Å². The molecule has 0 aliphatic carbocycles. The number of aliphatic hydroxyl groups excluding tert-OH is 1. The standard InChI is InChI=1S/C9H11BrO2/c1-12-9-3-7(5-10)2-8(4-9)6-11/h2-4,11H,5-6H2,1H3. The van der Waals surface area contributed by atoms with Crippen LogP contribution in [0.3, 0.4) is 0 Å². The van der Waals surface area contributed by atoms with E-state index < -0.39 is 0 Å². The van der Waals surface area contributed by atoms with Crippen LogP contribution >= 0.6 is 15.9 Å². The van der Waals surface area contributed by atoms with Crippen molar-refractivity contribution in [2.75, 3.05) is 7.11 Å². The van der Waals surface area contributed by atoms with Gasteiger partial charge in [-0.1, -0.05) is 22.0 Å². The van der Waals surface area contributed by atoms with Crippen LogP contribution in [0.15, 0.2) is 18.2 Å². The van der Waals surface area contributed by atoms with Crippen LogP contribution in [0.25, 0.3) is 0 Å². The Labute approximate surface area is 80.3 Å². The van der Waals surface area contributed by atoms with Crippen LogP contribution in [-0.2, 0) is 11.9 Å². The van der Waals surface area contributed by atoms with Crippen LogP contribution in [-0.4, -0.2) is 12.2 Å². The molecule has 2 nitrogen and oxygen atoms in total. The summed E-state index contributed by atoms with van der Waals surface area (Å²) >= 11 is 3.35. The topological polar surface area (TPSA) is 29.5 Å². The minimum absolute atomic E-state index is 0.0528. The number of alkyl halides is 1. The first-order valence-corrected chi connectivity index (χ1v) is 4.76. The maximum Gasteiger partial charge on any atom is 0.119 e. The first-order valence-electron chi connectivity index (χ1n) is 3.64. The molecule has 0 heterocycles. The Hall–Kier alpha value is -0.540. The predicted molar refractivity (Wildman–Crippen MR) is 51.5 cm³/mol. The third-order valence-electron chi connectivity index (χ3n) is 1.60. The molecular weight excluding hydrogens is 220 g/mol. The summed E-state index contributed by atoms with van der Waals surface area (Å²) in [6, 6.07) is 5.71. The van der Waals surface area contributed by atoms with Gasteiger partial charge >= 0.3 is 0 Å². The molecule has 1 N–H and O–H groups in total. The second-order valence-electron chi connectivity index (χ2n) is 2.48. The van der Waals surface area contributed by atoms with E-state index >= 15 is 0 Å². The summed E-state index contributed by atoms with van der Waals surface area (Å²) in [5, 5.41) is 9.68. The van der Waals surface area contributed by atoms with E-state index in [1.54, 1.807) is 7.11 Å². The number of benzene rings is 1. The van der Waals surface area contributed by atoms with Gasteiger partial charge in [0.2, 0.25) is 0 Å². The number of ether oxygens (including phenoxy) is 1. The van der Waals surface area contributed by atoms with Gasteiger partial charge in [0.15, 0.2) is 0 Å². The Morgan fingerprint density at radius 2 is 2.00 bits per heavy atom. The summed E-state index contributed by atoms with van der Waals surface area (Å²) < 4.78 is 5.07. The van der Waals surface area contributed by atoms with Crippen molar-refractivity contribution in [3.8, 4) is 5.75 Å². The maximum absolute atomic E-state index is 8.91. The van der Waals surface area contributed by atoms with Crippen LogP contribution in [0.4, 0.5) is 0 Å². The third kappa shape index (κ3) is 2.22. The van der Waals surface area contributed by atoms with Crippen LogP contribution in [0, 0.1) is 0 Å². The molecule has 1 rings (SSSR count). The average Bonchev–Trinajstić information content (AvgIpc) is 2.16. The van der Waals surface area contributed by atoms with Gasteiger partial charge in [-0.15, -0.1) is 0 Å². The quantitative estimate of drug-likeness (QED) is 0.807. The molecule has 12 heavy (non-hydrogen) atoms. The fourth-order valence-electron chi connectivity index (χ4n) is 1.01. The van der Waals surface area contributed by atoms with E-state index in [1.165, 1.54) is 0 Å². The molecule has 1 aromatic rings. The number of hydrogen-bond donors (Lipinski definition) is 1. The molecule has 0 atom stereocenters. The van der Waals surface area contributed by atoms with Gasteiger partial charge in [0.1, 0.15) is 5.75 Å². The van der Waals surface area contributed by atoms with Crippen molar-refractivity contribution in [1.82, 2.24) is 0 Å². The molecule has 0 spiro atoms. The highest BCUT2D eigenvalue weighted by Crippen LogP contribution is 2.18. The molecule has 3 heteroatoms. The van der Waals surface area contributed by atoms with Crippen molar-refractivity contribution >= 4 is 15.9 Å². The summed E-state index contributed by atoms with van der Waals surface area (Å²) in [5.74, 6) is 0.788. The van der Waals surface area contributed by atoms with Crippen LogP contribution < -0.4 is 4.74 Å². The van der Waals surface area contributed by atoms with Crippen molar-refractivity contribution in [2.24, 2.45) is 0 Å². The lowest BCUT2D eigenvalue weighted by atomic mass is 10.1. The van der Waals surface area contributed by atoms with E-state index in [-0.39, 0.29) is 6.61 Å². The molecule has 0 aliphatic rings. The zero-order valence-electron chi connectivity index (χ0n) is 6.88. The lowest BCUT2D eigenvalue weighted by Gasteiger charge is -2.04. The van der Waals surface area contributed by atoms with Gasteiger partial charge in [0.05, 0.1) is 13.7 Å². The summed E-state index contributed by atoms with van der Waals surface area (Å²) in [6.45, 7) is 0.0528. The zero-order chi connectivity index (χ0) is 8.97. The average molecular weight is 231 g/mol. The predicted octanol–water partition coefficient (Wildman–Crippen LogP) is 2.08. The summed E-state index contributed by atoms with van der Waals surface area (Å²) in [7, 11) is 1.62. The highest BCUT2D eigenvalue weighted by atomic mass is 79.9. The van der Waals surface area contributed by atoms with E-state index in [4.69, 9.17) is 9.84 Å². The highest BCUT2D eigenvalue weighted by molar-refractivity contribution is 9.08. The van der Waals surface area contributed by atoms with E-state index in [0.29, 0.717) is 0 Å². The number of aliphatic hydroxyl groups is 1. The van der Waals surface area contributed by atoms with Crippen molar-refractivity contribution < 1.29 is 9.84 Å². The van der Waals surface area contributed by atoms with Gasteiger partial charge in [-0.05, 0) is 23.3 Å². The Bertz CT molecular complexity index is 205. The number of hydrogen-bond acceptors (Lipinski definition) is 2. The molecule has 0 saturated carbocycles. The summed E-state index contributed by atoms with van der Waals surface area (Å²) in [4.78, 5) is 0. The van der Waals surface area contributed by atoms with Gasteiger partial charge in [-0.3, -0.25) is 0 Å². The minimum Gasteiger partial charge on any atom is -0.497 e. The minimum atomic E-state index is 0.0528. The van der Waals surface area contributed by atoms with Crippen LogP contribution in [0.1, 0.15) is 11.1 Å². The highest BCUT2D eigenvalue weighted by Gasteiger charge is 1.98. The molecule has 0 unspecified atom stereocenters. The van der Waals surface area contributed by atoms with Crippen molar-refractivity contribution in [3.05, 3.63) is 29.3 Å². The Balaban J connectivity index is 3.01. The third-order valence-corrected chi connectivity index (χ3v) is 2.25. The van der Waals surface area contributed by atoms with E-state index in [2.05, 4.69) is 15.9 Å². The largest absolute Gasteiger partial charge is 0.497 e. The van der Waals surface area contributed by atoms with Gasteiger partial charge in [0, 0.05) is 5.33 Å². The van der Waals surface area contributed by atoms with Gasteiger partial charge in [-0.2, -0.15) is 0 Å². The van der Waals surface area contributed by atoms with Crippen molar-refractivity contribution in [3.63, 3.8) is 0 Å². The molecule has 0 bridgehead atoms. The van der Waals surface area contributed by atoms with Gasteiger partial charge < -0.3 is 9.84 Å². The fraction of sp³-hybridized carbons (Fsp3) is 0.333. The molecule has 1 aromatic carbocycles. The summed E-state index contributed by atoms with van der Waals surface area (Å²) in [5.41, 5.74) is 1.99. The molecule has 0 fully saturated rings. The van der Waals surface area contributed by atoms with Gasteiger partial charge in [0.25, 0.3) is 0 Å². The van der Waals surface area contributed by atoms with E-state index in [9.17, 15) is 0 Å². The Kier molecular flexibility index (Phi) is 3.56. The molecule has 66 valence electrons. The monoisotopic (exact) mass is 230 g/mol. The Morgan fingerprint density at radius 1 is 1.33 bits per heavy atom. The lowest BCUT2D eigenvalue weighted by molar-refractivity contribution is 0.281. The van der Waals surface area contributed by atoms with Crippen molar-refractivity contribution in [1.29, 1.82) is 0 Å². The normalized spacial score (nSPS) is 9.92. The second kappa shape index (κ2) is 4.48. The molecule has 0 saturated heterocycles. The van der Waals surface area contributed by atoms with E-state index in [1.807, 2.05) is 18.2 Å². The smallest absolute Gasteiger partial charge is 0.119 e. The zero-order valence-corrected chi connectivity index (χ0v) is 8.47. The maximum atomic E-state index is 8.91. The number of halogens is 1. The second-order valence-corrected chi connectivity index (χ2v) is 3.04. The molecule has 0 aliphatic heterocycles. The number of rotatable bonds is 3. The SMILES string of the molecule is COc1cc(CO)cc(CBr)c1. The van der Waals surface area contributed by atoms with E-state index in [0.717, 1.165) is 22.2 Å². The lowest BCUT2D eigenvalue weighted by Crippen LogP contribution is -1.90. The van der Waals surface area contributed by atoms with Crippen molar-refractivity contribution in [2.45, 2.75) is 11.9 Å². The molecule has 0 amide bonds. The molecule has 0 radical (unpaired) electrons. The fourth-order valence-corrected chi connectivity index (χ4v) is 1.34. The van der Waals surface area contributed by atoms with Gasteiger partial charge in [-0.25, -0.2) is 0 Å². The molecule has 0 aromatic heterocycles. The Morgan fingerprint density at radius 3 is 2.50 bits per heavy atom. The first kappa shape index (κ1) is 9.55. The van der Waals surface area contributed by atoms with Crippen LogP contribution in [0.2, 0.25) is 0 Å². The summed E-state index contributed by atoms with van der Waals surface area (Å²) in [6.07, 6.45) is 0. The number of methoxy groups -OCH3 is 1. The molecular formula is C9H11BrO2. The first-order chi connectivity index (χ1) is 5.80.